The van der Waals surface area contributed by atoms with Crippen molar-refractivity contribution in [3.8, 4) is 0 Å². The van der Waals surface area contributed by atoms with Gasteiger partial charge in [0.15, 0.2) is 0 Å². The summed E-state index contributed by atoms with van der Waals surface area (Å²) < 4.78 is 13.9. The zero-order chi connectivity index (χ0) is 14.4. The van der Waals surface area contributed by atoms with Crippen molar-refractivity contribution in [3.63, 3.8) is 0 Å². The van der Waals surface area contributed by atoms with E-state index in [0.717, 1.165) is 29.8 Å². The Morgan fingerprint density at radius 3 is 2.90 bits per heavy atom. The van der Waals surface area contributed by atoms with Crippen molar-refractivity contribution < 1.29 is 9.47 Å². The molecular weight excluding hydrogens is 391 g/mol. The second kappa shape index (κ2) is 8.17. The summed E-state index contributed by atoms with van der Waals surface area (Å²) in [5.41, 5.74) is 2.16. The van der Waals surface area contributed by atoms with Crippen LogP contribution in [0.5, 0.6) is 0 Å². The normalized spacial score (nSPS) is 11.3. The quantitative estimate of drug-likeness (QED) is 0.383. The fourth-order valence-corrected chi connectivity index (χ4v) is 2.72. The van der Waals surface area contributed by atoms with Gasteiger partial charge in [-0.3, -0.25) is 0 Å². The molecular formula is C14H18ClIN2O2. The summed E-state index contributed by atoms with van der Waals surface area (Å²) in [6, 6.07) is 6.30. The minimum absolute atomic E-state index is 0.574. The summed E-state index contributed by atoms with van der Waals surface area (Å²) in [7, 11) is 1.67. The Morgan fingerprint density at radius 2 is 2.15 bits per heavy atom. The zero-order valence-corrected chi connectivity index (χ0v) is 14.4. The summed E-state index contributed by atoms with van der Waals surface area (Å²) in [6.07, 6.45) is 0.769. The second-order valence-electron chi connectivity index (χ2n) is 4.36. The van der Waals surface area contributed by atoms with Crippen molar-refractivity contribution in [3.05, 3.63) is 27.6 Å². The van der Waals surface area contributed by atoms with Gasteiger partial charge in [0.05, 0.1) is 30.9 Å². The van der Waals surface area contributed by atoms with Crippen LogP contribution in [0, 0.1) is 3.57 Å². The Kier molecular flexibility index (Phi) is 6.54. The van der Waals surface area contributed by atoms with Crippen molar-refractivity contribution in [2.75, 3.05) is 32.8 Å². The highest BCUT2D eigenvalue weighted by atomic mass is 127. The first-order valence-electron chi connectivity index (χ1n) is 6.53. The highest BCUT2D eigenvalue weighted by Gasteiger charge is 2.10. The fourth-order valence-electron chi connectivity index (χ4n) is 2.08. The van der Waals surface area contributed by atoms with Gasteiger partial charge in [-0.2, -0.15) is 0 Å². The van der Waals surface area contributed by atoms with Gasteiger partial charge in [-0.1, -0.05) is 0 Å². The number of alkyl halides is 1. The predicted octanol–water partition coefficient (Wildman–Crippen LogP) is 3.09. The molecule has 1 aromatic carbocycles. The lowest BCUT2D eigenvalue weighted by atomic mass is 10.3. The van der Waals surface area contributed by atoms with Crippen LogP contribution in [-0.4, -0.2) is 42.4 Å². The number of aromatic nitrogens is 2. The van der Waals surface area contributed by atoms with Gasteiger partial charge in [0.25, 0.3) is 0 Å². The van der Waals surface area contributed by atoms with Crippen LogP contribution >= 0.6 is 34.2 Å². The van der Waals surface area contributed by atoms with Gasteiger partial charge in [0, 0.05) is 29.5 Å². The first-order valence-corrected chi connectivity index (χ1v) is 8.15. The van der Waals surface area contributed by atoms with E-state index in [1.54, 1.807) is 7.11 Å². The van der Waals surface area contributed by atoms with E-state index < -0.39 is 0 Å². The van der Waals surface area contributed by atoms with Gasteiger partial charge in [0.1, 0.15) is 5.82 Å². The molecule has 0 spiro atoms. The van der Waals surface area contributed by atoms with Gasteiger partial charge in [-0.15, -0.1) is 11.6 Å². The number of benzene rings is 1. The van der Waals surface area contributed by atoms with Crippen LogP contribution < -0.4 is 0 Å². The predicted molar refractivity (Wildman–Crippen MR) is 89.6 cm³/mol. The highest BCUT2D eigenvalue weighted by Crippen LogP contribution is 2.19. The standard InChI is InChI=1S/C14H18ClIN2O2/c1-19-8-9-20-7-6-18-13-3-2-11(16)10-12(13)17-14(18)4-5-15/h2-3,10H,4-9H2,1H3. The Balaban J connectivity index is 2.13. The van der Waals surface area contributed by atoms with E-state index >= 15 is 0 Å². The number of nitrogens with zero attached hydrogens (tertiary/aromatic N) is 2. The molecule has 20 heavy (non-hydrogen) atoms. The summed E-state index contributed by atoms with van der Waals surface area (Å²) in [6.45, 7) is 2.67. The average Bonchev–Trinajstić information content (AvgIpc) is 2.76. The Morgan fingerprint density at radius 1 is 1.30 bits per heavy atom. The molecule has 0 fully saturated rings. The number of halogens is 2. The molecule has 6 heteroatoms. The molecule has 1 aromatic heterocycles. The first kappa shape index (κ1) is 16.0. The third-order valence-corrected chi connectivity index (χ3v) is 3.86. The summed E-state index contributed by atoms with van der Waals surface area (Å²) in [5.74, 6) is 1.60. The van der Waals surface area contributed by atoms with E-state index in [0.29, 0.717) is 25.7 Å². The zero-order valence-electron chi connectivity index (χ0n) is 11.4. The smallest absolute Gasteiger partial charge is 0.111 e. The van der Waals surface area contributed by atoms with E-state index in [2.05, 4.69) is 50.3 Å². The van der Waals surface area contributed by atoms with Gasteiger partial charge in [-0.25, -0.2) is 4.98 Å². The lowest BCUT2D eigenvalue weighted by Gasteiger charge is -2.09. The van der Waals surface area contributed by atoms with Crippen LogP contribution in [0.1, 0.15) is 5.82 Å². The van der Waals surface area contributed by atoms with Crippen molar-refractivity contribution in [2.24, 2.45) is 0 Å². The molecule has 0 aliphatic rings. The SMILES string of the molecule is COCCOCCn1c(CCCl)nc2cc(I)ccc21. The van der Waals surface area contributed by atoms with Crippen LogP contribution in [0.4, 0.5) is 0 Å². The Hall–Kier alpha value is -0.370. The number of methoxy groups -OCH3 is 1. The van der Waals surface area contributed by atoms with Crippen LogP contribution in [0.15, 0.2) is 18.2 Å². The van der Waals surface area contributed by atoms with Crippen LogP contribution in [-0.2, 0) is 22.4 Å². The van der Waals surface area contributed by atoms with E-state index in [4.69, 9.17) is 21.1 Å². The number of imidazole rings is 1. The summed E-state index contributed by atoms with van der Waals surface area (Å²) >= 11 is 8.17. The van der Waals surface area contributed by atoms with E-state index in [1.807, 2.05) is 0 Å². The van der Waals surface area contributed by atoms with Crippen LogP contribution in [0.3, 0.4) is 0 Å². The molecule has 0 aliphatic carbocycles. The molecule has 1 heterocycles. The number of aryl methyl sites for hydroxylation is 1. The molecule has 2 aromatic rings. The maximum atomic E-state index is 5.87. The molecule has 0 atom stereocenters. The van der Waals surface area contributed by atoms with Crippen LogP contribution in [0.25, 0.3) is 11.0 Å². The third-order valence-electron chi connectivity index (χ3n) is 3.00. The third kappa shape index (κ3) is 4.07. The van der Waals surface area contributed by atoms with E-state index in [1.165, 1.54) is 3.57 Å². The van der Waals surface area contributed by atoms with Gasteiger partial charge in [0.2, 0.25) is 0 Å². The van der Waals surface area contributed by atoms with Crippen molar-refractivity contribution in [1.82, 2.24) is 9.55 Å². The number of hydrogen-bond acceptors (Lipinski definition) is 3. The van der Waals surface area contributed by atoms with Gasteiger partial charge >= 0.3 is 0 Å². The maximum absolute atomic E-state index is 5.87. The van der Waals surface area contributed by atoms with Crippen LogP contribution in [0.2, 0.25) is 0 Å². The minimum atomic E-state index is 0.574. The fraction of sp³-hybridized carbons (Fsp3) is 0.500. The molecule has 0 radical (unpaired) electrons. The monoisotopic (exact) mass is 408 g/mol. The molecule has 0 unspecified atom stereocenters. The van der Waals surface area contributed by atoms with E-state index in [9.17, 15) is 0 Å². The molecule has 0 bridgehead atoms. The lowest BCUT2D eigenvalue weighted by molar-refractivity contribution is 0.0667. The number of rotatable bonds is 8. The molecule has 0 amide bonds. The highest BCUT2D eigenvalue weighted by molar-refractivity contribution is 14.1. The molecule has 0 N–H and O–H groups in total. The molecule has 0 saturated heterocycles. The molecule has 2 rings (SSSR count). The number of fused-ring (bicyclic) bond motifs is 1. The van der Waals surface area contributed by atoms with Gasteiger partial charge < -0.3 is 14.0 Å². The average molecular weight is 409 g/mol. The number of ether oxygens (including phenoxy) is 2. The second-order valence-corrected chi connectivity index (χ2v) is 5.98. The minimum Gasteiger partial charge on any atom is -0.382 e. The topological polar surface area (TPSA) is 36.3 Å². The van der Waals surface area contributed by atoms with E-state index in [-0.39, 0.29) is 0 Å². The molecule has 0 aliphatic heterocycles. The summed E-state index contributed by atoms with van der Waals surface area (Å²) in [4.78, 5) is 4.67. The Labute approximate surface area is 137 Å². The molecule has 110 valence electrons. The maximum Gasteiger partial charge on any atom is 0.111 e. The lowest BCUT2D eigenvalue weighted by Crippen LogP contribution is -2.12. The first-order chi connectivity index (χ1) is 9.76. The largest absolute Gasteiger partial charge is 0.382 e. The van der Waals surface area contributed by atoms with Gasteiger partial charge in [-0.05, 0) is 40.8 Å². The summed E-state index contributed by atoms with van der Waals surface area (Å²) in [5, 5.41) is 0. The van der Waals surface area contributed by atoms with Crippen molar-refractivity contribution in [2.45, 2.75) is 13.0 Å². The number of hydrogen-bond donors (Lipinski definition) is 0. The molecule has 4 nitrogen and oxygen atoms in total. The van der Waals surface area contributed by atoms with Crippen molar-refractivity contribution in [1.29, 1.82) is 0 Å². The molecule has 0 saturated carbocycles. The van der Waals surface area contributed by atoms with Crippen molar-refractivity contribution >= 4 is 45.2 Å². The Bertz CT molecular complexity index is 559.